The molecule has 0 spiro atoms. The summed E-state index contributed by atoms with van der Waals surface area (Å²) in [7, 11) is 0. The molecule has 1 aliphatic carbocycles. The summed E-state index contributed by atoms with van der Waals surface area (Å²) >= 11 is 0. The Morgan fingerprint density at radius 3 is 2.47 bits per heavy atom. The van der Waals surface area contributed by atoms with Gasteiger partial charge in [0.25, 0.3) is 0 Å². The highest BCUT2D eigenvalue weighted by molar-refractivity contribution is 5.85. The van der Waals surface area contributed by atoms with E-state index in [4.69, 9.17) is 5.11 Å². The minimum atomic E-state index is -0.932. The lowest BCUT2D eigenvalue weighted by molar-refractivity contribution is -0.144. The molecule has 1 saturated carbocycles. The summed E-state index contributed by atoms with van der Waals surface area (Å²) in [6.07, 6.45) is 3.77. The van der Waals surface area contributed by atoms with Crippen molar-refractivity contribution in [1.29, 1.82) is 0 Å². The van der Waals surface area contributed by atoms with Crippen LogP contribution in [0.25, 0.3) is 0 Å². The van der Waals surface area contributed by atoms with Crippen molar-refractivity contribution in [3.63, 3.8) is 0 Å². The van der Waals surface area contributed by atoms with Gasteiger partial charge in [-0.2, -0.15) is 0 Å². The summed E-state index contributed by atoms with van der Waals surface area (Å²) in [6, 6.07) is -0.750. The van der Waals surface area contributed by atoms with Crippen LogP contribution in [0.2, 0.25) is 0 Å². The van der Waals surface area contributed by atoms with Crippen molar-refractivity contribution in [2.75, 3.05) is 0 Å². The van der Waals surface area contributed by atoms with Crippen LogP contribution in [0.3, 0.4) is 0 Å². The van der Waals surface area contributed by atoms with Gasteiger partial charge in [-0.25, -0.2) is 4.79 Å². The number of hydrogen-bond acceptors (Lipinski definition) is 2. The molecular weight excluding hydrogens is 218 g/mol. The van der Waals surface area contributed by atoms with Gasteiger partial charge in [-0.05, 0) is 24.7 Å². The number of carbonyl (C=O) groups excluding carboxylic acids is 1. The molecule has 3 unspecified atom stereocenters. The van der Waals surface area contributed by atoms with E-state index in [2.05, 4.69) is 12.2 Å². The zero-order valence-electron chi connectivity index (χ0n) is 10.9. The van der Waals surface area contributed by atoms with Gasteiger partial charge < -0.3 is 10.4 Å². The van der Waals surface area contributed by atoms with Crippen LogP contribution in [0.5, 0.6) is 0 Å². The Morgan fingerprint density at radius 2 is 2.06 bits per heavy atom. The molecule has 0 aliphatic heterocycles. The van der Waals surface area contributed by atoms with Crippen LogP contribution in [0.4, 0.5) is 0 Å². The number of carboxylic acid groups (broad SMARTS) is 1. The smallest absolute Gasteiger partial charge is 0.326 e. The lowest BCUT2D eigenvalue weighted by atomic mass is 9.94. The number of hydrogen-bond donors (Lipinski definition) is 2. The molecule has 4 heteroatoms. The monoisotopic (exact) mass is 241 g/mol. The number of nitrogens with one attached hydrogen (secondary N) is 1. The van der Waals surface area contributed by atoms with Crippen LogP contribution in [-0.4, -0.2) is 23.0 Å². The molecule has 17 heavy (non-hydrogen) atoms. The Bertz CT molecular complexity index is 290. The topological polar surface area (TPSA) is 66.4 Å². The van der Waals surface area contributed by atoms with E-state index >= 15 is 0 Å². The molecule has 0 radical (unpaired) electrons. The molecule has 1 fully saturated rings. The SMILES string of the molecule is CCC(C)[C@H](NC(=O)C1CCCC1C)C(=O)O. The standard InChI is InChI=1S/C13H23NO3/c1-4-8(2)11(13(16)17)14-12(15)10-7-5-6-9(10)3/h8-11H,4-7H2,1-3H3,(H,14,15)(H,16,17)/t8?,9?,10?,11-/m0/s1. The van der Waals surface area contributed by atoms with E-state index in [-0.39, 0.29) is 17.7 Å². The fourth-order valence-corrected chi connectivity index (χ4v) is 2.48. The van der Waals surface area contributed by atoms with Gasteiger partial charge in [-0.3, -0.25) is 4.79 Å². The second-order valence-corrected chi connectivity index (χ2v) is 5.22. The van der Waals surface area contributed by atoms with Gasteiger partial charge in [-0.1, -0.05) is 33.6 Å². The molecular formula is C13H23NO3. The average molecular weight is 241 g/mol. The molecule has 2 N–H and O–H groups in total. The number of carbonyl (C=O) groups is 2. The predicted octanol–water partition coefficient (Wildman–Crippen LogP) is 2.04. The van der Waals surface area contributed by atoms with Gasteiger partial charge >= 0.3 is 5.97 Å². The van der Waals surface area contributed by atoms with Crippen molar-refractivity contribution < 1.29 is 14.7 Å². The van der Waals surface area contributed by atoms with Gasteiger partial charge in [0, 0.05) is 5.92 Å². The predicted molar refractivity (Wildman–Crippen MR) is 65.5 cm³/mol. The average Bonchev–Trinajstić information content (AvgIpc) is 2.70. The fraction of sp³-hybridized carbons (Fsp3) is 0.846. The largest absolute Gasteiger partial charge is 0.480 e. The Kier molecular flexibility index (Phi) is 4.97. The summed E-state index contributed by atoms with van der Waals surface area (Å²) < 4.78 is 0. The first kappa shape index (κ1) is 14.0. The summed E-state index contributed by atoms with van der Waals surface area (Å²) in [5.74, 6) is -0.670. The van der Waals surface area contributed by atoms with Crippen molar-refractivity contribution in [3.05, 3.63) is 0 Å². The Balaban J connectivity index is 2.61. The van der Waals surface area contributed by atoms with Crippen molar-refractivity contribution in [1.82, 2.24) is 5.32 Å². The fourth-order valence-electron chi connectivity index (χ4n) is 2.48. The van der Waals surface area contributed by atoms with E-state index in [1.54, 1.807) is 0 Å². The molecule has 0 aromatic rings. The number of rotatable bonds is 5. The highest BCUT2D eigenvalue weighted by atomic mass is 16.4. The van der Waals surface area contributed by atoms with E-state index in [1.807, 2.05) is 13.8 Å². The second-order valence-electron chi connectivity index (χ2n) is 5.22. The van der Waals surface area contributed by atoms with Crippen LogP contribution in [0.15, 0.2) is 0 Å². The van der Waals surface area contributed by atoms with Crippen LogP contribution in [-0.2, 0) is 9.59 Å². The van der Waals surface area contributed by atoms with Gasteiger partial charge in [0.1, 0.15) is 6.04 Å². The van der Waals surface area contributed by atoms with E-state index in [0.29, 0.717) is 5.92 Å². The number of amides is 1. The van der Waals surface area contributed by atoms with E-state index in [1.165, 1.54) is 0 Å². The first-order valence-electron chi connectivity index (χ1n) is 6.50. The molecule has 4 nitrogen and oxygen atoms in total. The number of carboxylic acids is 1. The molecule has 1 amide bonds. The first-order chi connectivity index (χ1) is 7.97. The summed E-state index contributed by atoms with van der Waals surface area (Å²) in [6.45, 7) is 5.86. The quantitative estimate of drug-likeness (QED) is 0.774. The molecule has 0 saturated heterocycles. The van der Waals surface area contributed by atoms with Gasteiger partial charge in [-0.15, -0.1) is 0 Å². The maximum absolute atomic E-state index is 12.0. The molecule has 1 aliphatic rings. The molecule has 0 aromatic carbocycles. The highest BCUT2D eigenvalue weighted by Gasteiger charge is 2.33. The second kappa shape index (κ2) is 6.03. The third-order valence-corrected chi connectivity index (χ3v) is 3.98. The maximum atomic E-state index is 12.0. The maximum Gasteiger partial charge on any atom is 0.326 e. The van der Waals surface area contributed by atoms with E-state index in [0.717, 1.165) is 25.7 Å². The van der Waals surface area contributed by atoms with E-state index in [9.17, 15) is 9.59 Å². The molecule has 0 aromatic heterocycles. The Hall–Kier alpha value is -1.06. The van der Waals surface area contributed by atoms with Crippen LogP contribution in [0, 0.1) is 17.8 Å². The molecule has 0 bridgehead atoms. The normalized spacial score (nSPS) is 27.5. The highest BCUT2D eigenvalue weighted by Crippen LogP contribution is 2.31. The molecule has 1 rings (SSSR count). The minimum absolute atomic E-state index is 0.000839. The van der Waals surface area contributed by atoms with Crippen molar-refractivity contribution in [3.8, 4) is 0 Å². The van der Waals surface area contributed by atoms with Crippen LogP contribution >= 0.6 is 0 Å². The summed E-state index contributed by atoms with van der Waals surface area (Å²) in [5.41, 5.74) is 0. The minimum Gasteiger partial charge on any atom is -0.480 e. The van der Waals surface area contributed by atoms with Gasteiger partial charge in [0.15, 0.2) is 0 Å². The molecule has 4 atom stereocenters. The van der Waals surface area contributed by atoms with Crippen LogP contribution in [0.1, 0.15) is 46.5 Å². The summed E-state index contributed by atoms with van der Waals surface area (Å²) in [5, 5.41) is 11.8. The first-order valence-corrected chi connectivity index (χ1v) is 6.50. The van der Waals surface area contributed by atoms with Gasteiger partial charge in [0.2, 0.25) is 5.91 Å². The van der Waals surface area contributed by atoms with E-state index < -0.39 is 12.0 Å². The van der Waals surface area contributed by atoms with Crippen LogP contribution < -0.4 is 5.32 Å². The molecule has 98 valence electrons. The lowest BCUT2D eigenvalue weighted by Crippen LogP contribution is -2.47. The third-order valence-electron chi connectivity index (χ3n) is 3.98. The van der Waals surface area contributed by atoms with Gasteiger partial charge in [0.05, 0.1) is 0 Å². The number of aliphatic carboxylic acids is 1. The Labute approximate surface area is 103 Å². The van der Waals surface area contributed by atoms with Crippen molar-refractivity contribution in [2.24, 2.45) is 17.8 Å². The summed E-state index contributed by atoms with van der Waals surface area (Å²) in [4.78, 5) is 23.1. The third kappa shape index (κ3) is 3.45. The lowest BCUT2D eigenvalue weighted by Gasteiger charge is -2.23. The zero-order chi connectivity index (χ0) is 13.0. The Morgan fingerprint density at radius 1 is 1.41 bits per heavy atom. The van der Waals surface area contributed by atoms with Crippen molar-refractivity contribution in [2.45, 2.75) is 52.5 Å². The van der Waals surface area contributed by atoms with Crippen molar-refractivity contribution >= 4 is 11.9 Å². The molecule has 0 heterocycles. The zero-order valence-corrected chi connectivity index (χ0v) is 10.9.